The second-order valence-electron chi connectivity index (χ2n) is 3.47. The summed E-state index contributed by atoms with van der Waals surface area (Å²) in [5.74, 6) is -0.0103. The third kappa shape index (κ3) is 1.53. The number of para-hydroxylation sites is 1. The van der Waals surface area contributed by atoms with E-state index in [4.69, 9.17) is 0 Å². The largest absolute Gasteiger partial charge is 0.492 e. The summed E-state index contributed by atoms with van der Waals surface area (Å²) >= 11 is 4.19. The van der Waals surface area contributed by atoms with Gasteiger partial charge in [-0.05, 0) is 12.1 Å². The first-order valence-electron chi connectivity index (χ1n) is 4.94. The van der Waals surface area contributed by atoms with Gasteiger partial charge < -0.3 is 5.11 Å². The Morgan fingerprint density at radius 3 is 2.53 bits per heavy atom. The summed E-state index contributed by atoms with van der Waals surface area (Å²) in [5.41, 5.74) is 1.64. The highest BCUT2D eigenvalue weighted by molar-refractivity contribution is 7.80. The molecule has 0 aliphatic heterocycles. The number of hydrogen-bond acceptors (Lipinski definition) is 5. The molecule has 5 nitrogen and oxygen atoms in total. The maximum atomic E-state index is 10.0. The summed E-state index contributed by atoms with van der Waals surface area (Å²) in [4.78, 5) is 7.92. The standard InChI is InChI=1S/C11H8N4OS/c16-11-9-8(10(17)13-6-12-9)14-15(11)7-4-2-1-3-5-7/h1-6,16H,(H,12,13,17). The van der Waals surface area contributed by atoms with Crippen LogP contribution >= 0.6 is 12.6 Å². The summed E-state index contributed by atoms with van der Waals surface area (Å²) in [6.07, 6.45) is 1.35. The SMILES string of the molecule is Oc1c2ncnc(S)c2nn1-c1ccccc1. The van der Waals surface area contributed by atoms with Gasteiger partial charge in [0.05, 0.1) is 5.69 Å². The van der Waals surface area contributed by atoms with E-state index in [-0.39, 0.29) is 5.88 Å². The van der Waals surface area contributed by atoms with Crippen LogP contribution in [-0.2, 0) is 0 Å². The fourth-order valence-corrected chi connectivity index (χ4v) is 1.82. The van der Waals surface area contributed by atoms with E-state index in [1.807, 2.05) is 30.3 Å². The van der Waals surface area contributed by atoms with Crippen molar-refractivity contribution in [2.45, 2.75) is 5.03 Å². The van der Waals surface area contributed by atoms with Crippen LogP contribution < -0.4 is 0 Å². The number of nitrogens with zero attached hydrogens (tertiary/aromatic N) is 4. The molecule has 0 aliphatic rings. The second kappa shape index (κ2) is 3.74. The molecule has 0 unspecified atom stereocenters. The molecule has 0 radical (unpaired) electrons. The van der Waals surface area contributed by atoms with E-state index in [0.717, 1.165) is 5.69 Å². The highest BCUT2D eigenvalue weighted by atomic mass is 32.1. The van der Waals surface area contributed by atoms with Crippen LogP contribution in [0.1, 0.15) is 0 Å². The Kier molecular flexibility index (Phi) is 2.22. The van der Waals surface area contributed by atoms with Gasteiger partial charge in [-0.15, -0.1) is 12.6 Å². The van der Waals surface area contributed by atoms with Crippen LogP contribution in [0.5, 0.6) is 5.88 Å². The minimum absolute atomic E-state index is 0.0103. The van der Waals surface area contributed by atoms with Crippen LogP contribution in [0.25, 0.3) is 16.7 Å². The summed E-state index contributed by atoms with van der Waals surface area (Å²) in [5, 5.41) is 14.7. The third-order valence-corrected chi connectivity index (χ3v) is 2.74. The summed E-state index contributed by atoms with van der Waals surface area (Å²) in [7, 11) is 0. The third-order valence-electron chi connectivity index (χ3n) is 2.42. The monoisotopic (exact) mass is 244 g/mol. The van der Waals surface area contributed by atoms with Crippen molar-refractivity contribution < 1.29 is 5.11 Å². The lowest BCUT2D eigenvalue weighted by molar-refractivity contribution is 0.437. The highest BCUT2D eigenvalue weighted by Gasteiger charge is 2.14. The molecule has 84 valence electrons. The summed E-state index contributed by atoms with van der Waals surface area (Å²) in [6.45, 7) is 0. The maximum Gasteiger partial charge on any atom is 0.241 e. The zero-order valence-electron chi connectivity index (χ0n) is 8.65. The van der Waals surface area contributed by atoms with Crippen LogP contribution in [0.3, 0.4) is 0 Å². The number of aromatic hydroxyl groups is 1. The Hall–Kier alpha value is -2.08. The topological polar surface area (TPSA) is 63.8 Å². The quantitative estimate of drug-likeness (QED) is 0.506. The molecule has 0 atom stereocenters. The minimum atomic E-state index is -0.0103. The number of benzene rings is 1. The Balaban J connectivity index is 2.32. The van der Waals surface area contributed by atoms with Crippen LogP contribution in [-0.4, -0.2) is 24.9 Å². The molecule has 3 aromatic rings. The van der Waals surface area contributed by atoms with Gasteiger partial charge in [0.25, 0.3) is 0 Å². The van der Waals surface area contributed by atoms with Crippen LogP contribution in [0, 0.1) is 0 Å². The van der Waals surface area contributed by atoms with Gasteiger partial charge in [-0.2, -0.15) is 9.78 Å². The van der Waals surface area contributed by atoms with Gasteiger partial charge in [-0.1, -0.05) is 18.2 Å². The number of hydrogen-bond donors (Lipinski definition) is 2. The number of aromatic nitrogens is 4. The maximum absolute atomic E-state index is 10.0. The lowest BCUT2D eigenvalue weighted by Crippen LogP contribution is -1.94. The molecule has 0 fully saturated rings. The van der Waals surface area contributed by atoms with Crippen LogP contribution in [0.2, 0.25) is 0 Å². The zero-order chi connectivity index (χ0) is 11.8. The van der Waals surface area contributed by atoms with E-state index in [9.17, 15) is 5.11 Å². The Labute approximate surface area is 102 Å². The molecule has 0 spiro atoms. The van der Waals surface area contributed by atoms with Crippen molar-refractivity contribution in [3.8, 4) is 11.6 Å². The fraction of sp³-hybridized carbons (Fsp3) is 0. The van der Waals surface area contributed by atoms with Crippen molar-refractivity contribution in [1.29, 1.82) is 0 Å². The average Bonchev–Trinajstić information content (AvgIpc) is 2.70. The van der Waals surface area contributed by atoms with E-state index < -0.39 is 0 Å². The molecule has 0 saturated carbocycles. The molecular weight excluding hydrogens is 236 g/mol. The van der Waals surface area contributed by atoms with E-state index in [0.29, 0.717) is 16.1 Å². The lowest BCUT2D eigenvalue weighted by Gasteiger charge is -2.00. The van der Waals surface area contributed by atoms with E-state index in [1.165, 1.54) is 11.0 Å². The lowest BCUT2D eigenvalue weighted by atomic mass is 10.3. The number of fused-ring (bicyclic) bond motifs is 1. The Morgan fingerprint density at radius 1 is 1.06 bits per heavy atom. The van der Waals surface area contributed by atoms with Gasteiger partial charge >= 0.3 is 0 Å². The van der Waals surface area contributed by atoms with Gasteiger partial charge in [0.1, 0.15) is 16.9 Å². The van der Waals surface area contributed by atoms with Crippen molar-refractivity contribution in [2.75, 3.05) is 0 Å². The predicted octanol–water partition coefficient (Wildman–Crippen LogP) is 1.81. The fourth-order valence-electron chi connectivity index (χ4n) is 1.62. The predicted molar refractivity (Wildman–Crippen MR) is 65.6 cm³/mol. The molecule has 6 heteroatoms. The van der Waals surface area contributed by atoms with E-state index in [1.54, 1.807) is 0 Å². The molecule has 1 aromatic carbocycles. The number of rotatable bonds is 1. The first-order chi connectivity index (χ1) is 8.27. The molecule has 17 heavy (non-hydrogen) atoms. The molecule has 0 aliphatic carbocycles. The van der Waals surface area contributed by atoms with Gasteiger partial charge in [-0.25, -0.2) is 9.97 Å². The molecule has 2 aromatic heterocycles. The first kappa shape index (κ1) is 10.1. The molecule has 0 bridgehead atoms. The Bertz CT molecular complexity index is 681. The van der Waals surface area contributed by atoms with Crippen LogP contribution in [0.4, 0.5) is 0 Å². The minimum Gasteiger partial charge on any atom is -0.492 e. The van der Waals surface area contributed by atoms with Crippen molar-refractivity contribution >= 4 is 23.7 Å². The van der Waals surface area contributed by atoms with Gasteiger partial charge in [0, 0.05) is 0 Å². The van der Waals surface area contributed by atoms with Crippen molar-refractivity contribution in [3.63, 3.8) is 0 Å². The van der Waals surface area contributed by atoms with Crippen LogP contribution in [0.15, 0.2) is 41.7 Å². The van der Waals surface area contributed by atoms with Gasteiger partial charge in [-0.3, -0.25) is 0 Å². The van der Waals surface area contributed by atoms with Gasteiger partial charge in [0.2, 0.25) is 5.88 Å². The van der Waals surface area contributed by atoms with Crippen molar-refractivity contribution in [1.82, 2.24) is 19.7 Å². The first-order valence-corrected chi connectivity index (χ1v) is 5.39. The molecule has 2 heterocycles. The normalized spacial score (nSPS) is 10.9. The van der Waals surface area contributed by atoms with E-state index in [2.05, 4.69) is 27.7 Å². The zero-order valence-corrected chi connectivity index (χ0v) is 9.54. The molecule has 3 rings (SSSR count). The molecule has 0 saturated heterocycles. The van der Waals surface area contributed by atoms with E-state index >= 15 is 0 Å². The number of thiol groups is 1. The summed E-state index contributed by atoms with van der Waals surface area (Å²) < 4.78 is 1.42. The van der Waals surface area contributed by atoms with Crippen molar-refractivity contribution in [3.05, 3.63) is 36.7 Å². The second-order valence-corrected chi connectivity index (χ2v) is 3.89. The molecular formula is C11H8N4OS. The van der Waals surface area contributed by atoms with Gasteiger partial charge in [0.15, 0.2) is 5.52 Å². The average molecular weight is 244 g/mol. The smallest absolute Gasteiger partial charge is 0.241 e. The summed E-state index contributed by atoms with van der Waals surface area (Å²) in [6, 6.07) is 9.32. The van der Waals surface area contributed by atoms with Crippen molar-refractivity contribution in [2.24, 2.45) is 0 Å². The highest BCUT2D eigenvalue weighted by Crippen LogP contribution is 2.27. The molecule has 1 N–H and O–H groups in total. The Morgan fingerprint density at radius 2 is 1.82 bits per heavy atom. The molecule has 0 amide bonds.